The van der Waals surface area contributed by atoms with Gasteiger partial charge < -0.3 is 14.2 Å². The number of carbonyl (C=O) groups excluding carboxylic acids is 2. The molecule has 0 heterocycles. The zero-order valence-corrected chi connectivity index (χ0v) is 13.9. The summed E-state index contributed by atoms with van der Waals surface area (Å²) in [7, 11) is 1.30. The molecular formula is C19H20O5. The van der Waals surface area contributed by atoms with Crippen LogP contribution in [0.4, 0.5) is 0 Å². The monoisotopic (exact) mass is 328 g/mol. The summed E-state index contributed by atoms with van der Waals surface area (Å²) >= 11 is 0. The van der Waals surface area contributed by atoms with Crippen molar-refractivity contribution in [1.29, 1.82) is 0 Å². The molecule has 0 aliphatic heterocycles. The lowest BCUT2D eigenvalue weighted by molar-refractivity contribution is 0.0599. The van der Waals surface area contributed by atoms with Crippen molar-refractivity contribution in [2.24, 2.45) is 0 Å². The first-order valence-corrected chi connectivity index (χ1v) is 7.60. The lowest BCUT2D eigenvalue weighted by atomic mass is 10.1. The average molecular weight is 328 g/mol. The van der Waals surface area contributed by atoms with E-state index in [0.29, 0.717) is 22.6 Å². The summed E-state index contributed by atoms with van der Waals surface area (Å²) in [6.07, 6.45) is -0.0586. The van der Waals surface area contributed by atoms with Crippen molar-refractivity contribution in [1.82, 2.24) is 0 Å². The fourth-order valence-corrected chi connectivity index (χ4v) is 2.09. The van der Waals surface area contributed by atoms with Crippen LogP contribution in [0.1, 0.15) is 34.6 Å². The molecule has 0 atom stereocenters. The molecule has 126 valence electrons. The molecule has 2 aromatic rings. The summed E-state index contributed by atoms with van der Waals surface area (Å²) < 4.78 is 15.9. The fourth-order valence-electron chi connectivity index (χ4n) is 2.09. The van der Waals surface area contributed by atoms with Gasteiger partial charge in [0.05, 0.1) is 18.8 Å². The van der Waals surface area contributed by atoms with Gasteiger partial charge in [-0.25, -0.2) is 4.79 Å². The maximum absolute atomic E-state index is 12.1. The molecule has 0 bridgehead atoms. The van der Waals surface area contributed by atoms with Crippen LogP contribution in [0.5, 0.6) is 11.5 Å². The van der Waals surface area contributed by atoms with E-state index in [0.717, 1.165) is 0 Å². The Balaban J connectivity index is 2.16. The van der Waals surface area contributed by atoms with Gasteiger partial charge in [-0.05, 0) is 26.0 Å². The SMILES string of the molecule is COC(=O)c1cc(OCC(=O)c2ccccc2)cc(OC(C)C)c1. The number of carbonyl (C=O) groups is 2. The number of ketones is 1. The van der Waals surface area contributed by atoms with Gasteiger partial charge >= 0.3 is 5.97 Å². The van der Waals surface area contributed by atoms with Gasteiger partial charge in [-0.1, -0.05) is 30.3 Å². The number of hydrogen-bond donors (Lipinski definition) is 0. The molecule has 0 fully saturated rings. The fraction of sp³-hybridized carbons (Fsp3) is 0.263. The molecule has 5 nitrogen and oxygen atoms in total. The molecule has 0 saturated carbocycles. The van der Waals surface area contributed by atoms with Gasteiger partial charge in [0, 0.05) is 11.6 Å². The predicted molar refractivity (Wildman–Crippen MR) is 89.8 cm³/mol. The molecule has 5 heteroatoms. The minimum absolute atomic E-state index is 0.0586. The maximum atomic E-state index is 12.1. The summed E-state index contributed by atoms with van der Waals surface area (Å²) in [4.78, 5) is 23.9. The summed E-state index contributed by atoms with van der Waals surface area (Å²) in [6, 6.07) is 13.6. The third-order valence-electron chi connectivity index (χ3n) is 3.14. The quantitative estimate of drug-likeness (QED) is 0.575. The molecule has 0 aliphatic carbocycles. The molecule has 0 amide bonds. The van der Waals surface area contributed by atoms with Crippen molar-refractivity contribution in [2.75, 3.05) is 13.7 Å². The van der Waals surface area contributed by atoms with Crippen LogP contribution in [0.25, 0.3) is 0 Å². The smallest absolute Gasteiger partial charge is 0.338 e. The van der Waals surface area contributed by atoms with E-state index in [1.54, 1.807) is 36.4 Å². The number of esters is 1. The van der Waals surface area contributed by atoms with E-state index < -0.39 is 5.97 Å². The largest absolute Gasteiger partial charge is 0.491 e. The van der Waals surface area contributed by atoms with Crippen molar-refractivity contribution in [3.63, 3.8) is 0 Å². The van der Waals surface area contributed by atoms with Gasteiger partial charge in [-0.3, -0.25) is 4.79 Å². The van der Waals surface area contributed by atoms with Crippen LogP contribution in [0.15, 0.2) is 48.5 Å². The molecular weight excluding hydrogens is 308 g/mol. The third kappa shape index (κ3) is 4.84. The Hall–Kier alpha value is -2.82. The first kappa shape index (κ1) is 17.5. The molecule has 2 rings (SSSR count). The number of rotatable bonds is 7. The predicted octanol–water partition coefficient (Wildman–Crippen LogP) is 3.52. The van der Waals surface area contributed by atoms with E-state index in [2.05, 4.69) is 0 Å². The minimum atomic E-state index is -0.497. The molecule has 0 aliphatic rings. The van der Waals surface area contributed by atoms with Crippen molar-refractivity contribution >= 4 is 11.8 Å². The number of hydrogen-bond acceptors (Lipinski definition) is 5. The van der Waals surface area contributed by atoms with E-state index in [1.807, 2.05) is 19.9 Å². The van der Waals surface area contributed by atoms with Crippen molar-refractivity contribution in [2.45, 2.75) is 20.0 Å². The Bertz CT molecular complexity index is 707. The number of benzene rings is 2. The normalized spacial score (nSPS) is 10.3. The van der Waals surface area contributed by atoms with Gasteiger partial charge in [0.15, 0.2) is 12.4 Å². The van der Waals surface area contributed by atoms with Crippen molar-refractivity contribution in [3.8, 4) is 11.5 Å². The Kier molecular flexibility index (Phi) is 5.95. The summed E-state index contributed by atoms with van der Waals surface area (Å²) in [5.74, 6) is 0.210. The van der Waals surface area contributed by atoms with Gasteiger partial charge in [-0.2, -0.15) is 0 Å². The highest BCUT2D eigenvalue weighted by Crippen LogP contribution is 2.24. The van der Waals surface area contributed by atoms with Gasteiger partial charge in [-0.15, -0.1) is 0 Å². The van der Waals surface area contributed by atoms with Crippen LogP contribution >= 0.6 is 0 Å². The zero-order chi connectivity index (χ0) is 17.5. The molecule has 0 aromatic heterocycles. The second-order valence-electron chi connectivity index (χ2n) is 5.43. The van der Waals surface area contributed by atoms with E-state index in [1.165, 1.54) is 13.2 Å². The first-order valence-electron chi connectivity index (χ1n) is 7.60. The number of Topliss-reactive ketones (excluding diaryl/α,β-unsaturated/α-hetero) is 1. The standard InChI is InChI=1S/C19H20O5/c1-13(2)24-17-10-15(19(21)22-3)9-16(11-17)23-12-18(20)14-7-5-4-6-8-14/h4-11,13H,12H2,1-3H3. The number of methoxy groups -OCH3 is 1. The topological polar surface area (TPSA) is 61.8 Å². The van der Waals surface area contributed by atoms with Gasteiger partial charge in [0.2, 0.25) is 0 Å². The molecule has 24 heavy (non-hydrogen) atoms. The van der Waals surface area contributed by atoms with E-state index in [-0.39, 0.29) is 18.5 Å². The first-order chi connectivity index (χ1) is 11.5. The second-order valence-corrected chi connectivity index (χ2v) is 5.43. The molecule has 0 saturated heterocycles. The van der Waals surface area contributed by atoms with Crippen LogP contribution in [0, 0.1) is 0 Å². The van der Waals surface area contributed by atoms with Gasteiger partial charge in [0.1, 0.15) is 11.5 Å². The van der Waals surface area contributed by atoms with E-state index in [4.69, 9.17) is 14.2 Å². The van der Waals surface area contributed by atoms with Crippen LogP contribution in [-0.2, 0) is 4.74 Å². The zero-order valence-electron chi connectivity index (χ0n) is 13.9. The highest BCUT2D eigenvalue weighted by Gasteiger charge is 2.13. The van der Waals surface area contributed by atoms with Crippen LogP contribution < -0.4 is 9.47 Å². The van der Waals surface area contributed by atoms with Crippen molar-refractivity contribution in [3.05, 3.63) is 59.7 Å². The van der Waals surface area contributed by atoms with Gasteiger partial charge in [0.25, 0.3) is 0 Å². The Morgan fingerprint density at radius 1 is 0.958 bits per heavy atom. The van der Waals surface area contributed by atoms with Crippen molar-refractivity contribution < 1.29 is 23.8 Å². The van der Waals surface area contributed by atoms with Crippen LogP contribution in [0.2, 0.25) is 0 Å². The van der Waals surface area contributed by atoms with Crippen LogP contribution in [0.3, 0.4) is 0 Å². The highest BCUT2D eigenvalue weighted by atomic mass is 16.5. The summed E-state index contributed by atoms with van der Waals surface area (Å²) in [6.45, 7) is 3.63. The lowest BCUT2D eigenvalue weighted by Gasteiger charge is -2.13. The minimum Gasteiger partial charge on any atom is -0.491 e. The molecule has 0 N–H and O–H groups in total. The average Bonchev–Trinajstić information content (AvgIpc) is 2.59. The Morgan fingerprint density at radius 2 is 1.62 bits per heavy atom. The summed E-state index contributed by atoms with van der Waals surface area (Å²) in [5, 5.41) is 0. The Labute approximate surface area is 141 Å². The van der Waals surface area contributed by atoms with E-state index >= 15 is 0 Å². The van der Waals surface area contributed by atoms with E-state index in [9.17, 15) is 9.59 Å². The molecule has 0 spiro atoms. The van der Waals surface area contributed by atoms with Crippen LogP contribution in [-0.4, -0.2) is 31.6 Å². The molecule has 0 radical (unpaired) electrons. The Morgan fingerprint density at radius 3 is 2.25 bits per heavy atom. The second kappa shape index (κ2) is 8.15. The summed E-state index contributed by atoms with van der Waals surface area (Å²) in [5.41, 5.74) is 0.873. The molecule has 2 aromatic carbocycles. The molecule has 0 unspecified atom stereocenters. The lowest BCUT2D eigenvalue weighted by Crippen LogP contribution is -2.12. The number of ether oxygens (including phenoxy) is 3. The third-order valence-corrected chi connectivity index (χ3v) is 3.14. The maximum Gasteiger partial charge on any atom is 0.338 e. The highest BCUT2D eigenvalue weighted by molar-refractivity contribution is 5.97.